The average molecular weight is 676 g/mol. The second kappa shape index (κ2) is 11.3. The number of nitriles is 1. The van der Waals surface area contributed by atoms with E-state index in [1.165, 1.54) is 7.11 Å². The van der Waals surface area contributed by atoms with Crippen molar-refractivity contribution in [1.29, 1.82) is 5.26 Å². The molecule has 0 N–H and O–H groups in total. The number of rotatable bonds is 7. The predicted molar refractivity (Wildman–Crippen MR) is 174 cm³/mol. The third-order valence-electron chi connectivity index (χ3n) is 9.78. The second-order valence-corrected chi connectivity index (χ2v) is 13.6. The highest BCUT2D eigenvalue weighted by atomic mass is 35.5. The van der Waals surface area contributed by atoms with E-state index in [0.29, 0.717) is 64.6 Å². The molecule has 4 aromatic rings. The third kappa shape index (κ3) is 5.15. The van der Waals surface area contributed by atoms with Crippen LogP contribution in [0, 0.1) is 16.7 Å². The zero-order valence-corrected chi connectivity index (χ0v) is 27.4. The van der Waals surface area contributed by atoms with Gasteiger partial charge in [-0.25, -0.2) is 9.78 Å². The number of anilines is 1. The Morgan fingerprint density at radius 2 is 1.96 bits per heavy atom. The van der Waals surface area contributed by atoms with Gasteiger partial charge in [-0.05, 0) is 49.2 Å². The molecule has 2 aromatic heterocycles. The Hall–Kier alpha value is -4.08. The number of imidazole rings is 1. The van der Waals surface area contributed by atoms with E-state index in [4.69, 9.17) is 47.1 Å². The number of ether oxygens (including phenoxy) is 4. The Labute approximate surface area is 281 Å². The van der Waals surface area contributed by atoms with Crippen LogP contribution >= 0.6 is 23.2 Å². The molecule has 0 amide bonds. The topological polar surface area (TPSA) is 115 Å². The van der Waals surface area contributed by atoms with Crippen LogP contribution < -0.4 is 14.4 Å². The Morgan fingerprint density at radius 1 is 1.13 bits per heavy atom. The fourth-order valence-corrected chi connectivity index (χ4v) is 7.40. The van der Waals surface area contributed by atoms with Gasteiger partial charge < -0.3 is 28.4 Å². The first kappa shape index (κ1) is 30.3. The van der Waals surface area contributed by atoms with Gasteiger partial charge >= 0.3 is 5.97 Å². The maximum Gasteiger partial charge on any atom is 0.337 e. The summed E-state index contributed by atoms with van der Waals surface area (Å²) in [7, 11) is 1.34. The Morgan fingerprint density at radius 3 is 2.70 bits per heavy atom. The summed E-state index contributed by atoms with van der Waals surface area (Å²) in [6, 6.07) is 15.5. The van der Waals surface area contributed by atoms with E-state index in [0.717, 1.165) is 43.0 Å². The van der Waals surface area contributed by atoms with Crippen LogP contribution in [0.5, 0.6) is 11.5 Å². The lowest BCUT2D eigenvalue weighted by Crippen LogP contribution is -2.59. The molecule has 4 aliphatic rings. The summed E-state index contributed by atoms with van der Waals surface area (Å²) >= 11 is 12.8. The number of hydrogen-bond donors (Lipinski definition) is 0. The number of nitrogens with zero attached hydrogens (tertiary/aromatic N) is 6. The molecule has 13 heteroatoms. The van der Waals surface area contributed by atoms with Gasteiger partial charge in [0.1, 0.15) is 17.0 Å². The van der Waals surface area contributed by atoms with E-state index in [1.54, 1.807) is 24.4 Å². The van der Waals surface area contributed by atoms with Crippen LogP contribution in [0.15, 0.2) is 48.7 Å². The van der Waals surface area contributed by atoms with Crippen molar-refractivity contribution in [2.75, 3.05) is 38.3 Å². The normalized spacial score (nSPS) is 24.3. The Bertz CT molecular complexity index is 1940. The molecular weight excluding hydrogens is 643 g/mol. The fourth-order valence-electron chi connectivity index (χ4n) is 7.03. The molecule has 1 aliphatic carbocycles. The highest BCUT2D eigenvalue weighted by Gasteiger charge is 2.47. The van der Waals surface area contributed by atoms with Gasteiger partial charge in [0.2, 0.25) is 0 Å². The lowest BCUT2D eigenvalue weighted by atomic mass is 10.0. The average Bonchev–Trinajstić information content (AvgIpc) is 3.34. The molecule has 47 heavy (non-hydrogen) atoms. The van der Waals surface area contributed by atoms with Gasteiger partial charge in [-0.2, -0.15) is 5.26 Å². The van der Waals surface area contributed by atoms with Gasteiger partial charge in [-0.1, -0.05) is 29.3 Å². The van der Waals surface area contributed by atoms with Gasteiger partial charge in [0.25, 0.3) is 5.79 Å². The van der Waals surface area contributed by atoms with Crippen LogP contribution in [0.3, 0.4) is 0 Å². The van der Waals surface area contributed by atoms with Crippen LogP contribution in [0.2, 0.25) is 10.0 Å². The minimum Gasteiger partial charge on any atom is -0.465 e. The predicted octanol–water partition coefficient (Wildman–Crippen LogP) is 5.56. The van der Waals surface area contributed by atoms with Crippen molar-refractivity contribution in [1.82, 2.24) is 19.4 Å². The standard InChI is InChI=1S/C34H32Cl2N6O5/c1-33(28-7-6-21(35)14-38-28)46-27-5-3-4-23(31(27)47-33)41-11-10-40(25-16-45-17-26(25)41)15-29-39-30-22(36)12-20(32(43)44-2)13-24(30)42(29)19-34(18-37)8-9-34/h3-7,12-14,25-26H,8-11,15-17,19H2,1-2H3/t25-,26+,33?/m0/s1. The summed E-state index contributed by atoms with van der Waals surface area (Å²) < 4.78 is 26.0. The number of pyridine rings is 1. The Kier molecular flexibility index (Phi) is 7.26. The van der Waals surface area contributed by atoms with Gasteiger partial charge in [-0.15, -0.1) is 0 Å². The quantitative estimate of drug-likeness (QED) is 0.231. The number of carbonyl (C=O) groups excluding carboxylic acids is 1. The van der Waals surface area contributed by atoms with Crippen molar-refractivity contribution in [3.8, 4) is 17.6 Å². The van der Waals surface area contributed by atoms with Crippen LogP contribution in [0.25, 0.3) is 11.0 Å². The number of carbonyl (C=O) groups is 1. The van der Waals surface area contributed by atoms with Crippen molar-refractivity contribution >= 4 is 45.9 Å². The summed E-state index contributed by atoms with van der Waals surface area (Å²) in [5.74, 6) is 0.566. The van der Waals surface area contributed by atoms with Crippen molar-refractivity contribution in [2.45, 2.75) is 50.7 Å². The molecule has 2 saturated heterocycles. The number of piperazine rings is 1. The number of benzene rings is 2. The zero-order chi connectivity index (χ0) is 32.5. The van der Waals surface area contributed by atoms with Crippen LogP contribution in [0.4, 0.5) is 5.69 Å². The molecule has 1 unspecified atom stereocenters. The van der Waals surface area contributed by atoms with Gasteiger partial charge in [0, 0.05) is 32.8 Å². The molecule has 1 saturated carbocycles. The van der Waals surface area contributed by atoms with E-state index >= 15 is 0 Å². The molecule has 0 spiro atoms. The highest BCUT2D eigenvalue weighted by molar-refractivity contribution is 6.35. The highest BCUT2D eigenvalue weighted by Crippen LogP contribution is 2.50. The van der Waals surface area contributed by atoms with Gasteiger partial charge in [-0.3, -0.25) is 9.88 Å². The zero-order valence-electron chi connectivity index (χ0n) is 25.9. The molecule has 2 aromatic carbocycles. The monoisotopic (exact) mass is 674 g/mol. The third-order valence-corrected chi connectivity index (χ3v) is 10.3. The molecule has 0 bridgehead atoms. The van der Waals surface area contributed by atoms with Gasteiger partial charge in [0.05, 0.1) is 77.2 Å². The summed E-state index contributed by atoms with van der Waals surface area (Å²) in [4.78, 5) is 26.6. The number of para-hydroxylation sites is 1. The van der Waals surface area contributed by atoms with E-state index < -0.39 is 17.2 Å². The van der Waals surface area contributed by atoms with Crippen molar-refractivity contribution < 1.29 is 23.7 Å². The van der Waals surface area contributed by atoms with Crippen molar-refractivity contribution in [3.63, 3.8) is 0 Å². The minimum absolute atomic E-state index is 0.0561. The largest absolute Gasteiger partial charge is 0.465 e. The first-order chi connectivity index (χ1) is 22.7. The number of fused-ring (bicyclic) bond motifs is 3. The van der Waals surface area contributed by atoms with E-state index in [9.17, 15) is 10.1 Å². The first-order valence-corrected chi connectivity index (χ1v) is 16.4. The smallest absolute Gasteiger partial charge is 0.337 e. The van der Waals surface area contributed by atoms with E-state index in [2.05, 4.69) is 31.5 Å². The maximum absolute atomic E-state index is 12.4. The number of methoxy groups -OCH3 is 1. The summed E-state index contributed by atoms with van der Waals surface area (Å²) in [5, 5.41) is 10.9. The minimum atomic E-state index is -1.09. The fraction of sp³-hybridized carbons (Fsp3) is 0.412. The van der Waals surface area contributed by atoms with Crippen molar-refractivity contribution in [3.05, 3.63) is 75.8 Å². The van der Waals surface area contributed by atoms with Crippen LogP contribution in [0.1, 0.15) is 41.6 Å². The van der Waals surface area contributed by atoms with Crippen molar-refractivity contribution in [2.24, 2.45) is 5.41 Å². The SMILES string of the molecule is COC(=O)c1cc(Cl)c2nc(CN3CCN(c4cccc5c4OC(C)(c4ccc(Cl)cn4)O5)[C@@H]4COC[C@@H]43)n(CC3(C#N)CC3)c2c1. The number of aromatic nitrogens is 3. The molecular formula is C34H32Cl2N6O5. The summed E-state index contributed by atoms with van der Waals surface area (Å²) in [5.41, 5.74) is 2.81. The van der Waals surface area contributed by atoms with Crippen LogP contribution in [-0.2, 0) is 28.4 Å². The van der Waals surface area contributed by atoms with Gasteiger partial charge in [0.15, 0.2) is 11.5 Å². The molecule has 11 nitrogen and oxygen atoms in total. The number of hydrogen-bond acceptors (Lipinski definition) is 10. The molecule has 5 heterocycles. The van der Waals surface area contributed by atoms with Crippen LogP contribution in [-0.4, -0.2) is 70.9 Å². The van der Waals surface area contributed by atoms with E-state index in [-0.39, 0.29) is 12.1 Å². The van der Waals surface area contributed by atoms with E-state index in [1.807, 2.05) is 25.1 Å². The first-order valence-electron chi connectivity index (χ1n) is 15.6. The molecule has 3 aliphatic heterocycles. The summed E-state index contributed by atoms with van der Waals surface area (Å²) in [6.45, 7) is 5.45. The molecule has 3 fully saturated rings. The summed E-state index contributed by atoms with van der Waals surface area (Å²) in [6.07, 6.45) is 3.23. The molecule has 3 atom stereocenters. The molecule has 0 radical (unpaired) electrons. The molecule has 8 rings (SSSR count). The number of halogens is 2. The second-order valence-electron chi connectivity index (χ2n) is 12.8. The molecule has 242 valence electrons. The lowest BCUT2D eigenvalue weighted by molar-refractivity contribution is -0.0716. The maximum atomic E-state index is 12.4. The number of esters is 1. The lowest BCUT2D eigenvalue weighted by Gasteiger charge is -2.44. The Balaban J connectivity index is 1.09.